The lowest BCUT2D eigenvalue weighted by atomic mass is 9.65. The molecule has 0 aromatic heterocycles. The van der Waals surface area contributed by atoms with Crippen molar-refractivity contribution < 1.29 is 4.79 Å². The van der Waals surface area contributed by atoms with Gasteiger partial charge < -0.3 is 5.32 Å². The molecule has 0 saturated heterocycles. The van der Waals surface area contributed by atoms with Crippen LogP contribution in [0.3, 0.4) is 0 Å². The normalized spacial score (nSPS) is 11.7. The maximum atomic E-state index is 12.5. The van der Waals surface area contributed by atoms with Crippen molar-refractivity contribution >= 4 is 11.6 Å². The molecule has 0 bridgehead atoms. The second-order valence-electron chi connectivity index (χ2n) is 9.13. The number of carbonyl (C=O) groups excluding carboxylic acids is 1. The van der Waals surface area contributed by atoms with Crippen molar-refractivity contribution in [3.8, 4) is 0 Å². The molecule has 0 spiro atoms. The van der Waals surface area contributed by atoms with Gasteiger partial charge in [0.1, 0.15) is 0 Å². The molecule has 1 amide bonds. The average molecular weight is 420 g/mol. The molecule has 0 fully saturated rings. The molecule has 32 heavy (non-hydrogen) atoms. The van der Waals surface area contributed by atoms with E-state index < -0.39 is 10.8 Å². The topological polar surface area (TPSA) is 29.1 Å². The molecule has 1 N–H and O–H groups in total. The van der Waals surface area contributed by atoms with Gasteiger partial charge in [0.05, 0.1) is 5.41 Å². The van der Waals surface area contributed by atoms with Crippen molar-refractivity contribution in [2.24, 2.45) is 5.41 Å². The summed E-state index contributed by atoms with van der Waals surface area (Å²) in [6.07, 6.45) is 0. The van der Waals surface area contributed by atoms with Crippen molar-refractivity contribution in [2.75, 3.05) is 5.32 Å². The van der Waals surface area contributed by atoms with E-state index in [1.54, 1.807) is 0 Å². The predicted molar refractivity (Wildman–Crippen MR) is 133 cm³/mol. The summed E-state index contributed by atoms with van der Waals surface area (Å²) in [6.45, 7) is 5.76. The number of amides is 1. The van der Waals surface area contributed by atoms with Gasteiger partial charge in [0.15, 0.2) is 0 Å². The molecule has 2 heteroatoms. The molecule has 0 radical (unpaired) electrons. The Labute approximate surface area is 191 Å². The highest BCUT2D eigenvalue weighted by atomic mass is 16.2. The fourth-order valence-corrected chi connectivity index (χ4v) is 4.19. The summed E-state index contributed by atoms with van der Waals surface area (Å²) in [5, 5.41) is 3.04. The largest absolute Gasteiger partial charge is 0.326 e. The third kappa shape index (κ3) is 4.09. The minimum absolute atomic E-state index is 0.00527. The fraction of sp³-hybridized carbons (Fsp3) is 0.167. The first-order valence-corrected chi connectivity index (χ1v) is 11.0. The Morgan fingerprint density at radius 2 is 0.875 bits per heavy atom. The number of anilines is 1. The minimum Gasteiger partial charge on any atom is -0.326 e. The van der Waals surface area contributed by atoms with E-state index >= 15 is 0 Å². The summed E-state index contributed by atoms with van der Waals surface area (Å²) >= 11 is 0. The van der Waals surface area contributed by atoms with E-state index in [2.05, 4.69) is 108 Å². The van der Waals surface area contributed by atoms with Gasteiger partial charge in [0.2, 0.25) is 5.91 Å². The van der Waals surface area contributed by atoms with Crippen molar-refractivity contribution in [1.29, 1.82) is 0 Å². The number of rotatable bonds is 5. The zero-order chi connectivity index (χ0) is 22.6. The van der Waals surface area contributed by atoms with Crippen LogP contribution in [0.15, 0.2) is 115 Å². The monoisotopic (exact) mass is 419 g/mol. The summed E-state index contributed by atoms with van der Waals surface area (Å²) in [7, 11) is 0. The van der Waals surface area contributed by atoms with Crippen molar-refractivity contribution in [3.05, 3.63) is 138 Å². The van der Waals surface area contributed by atoms with Gasteiger partial charge in [-0.25, -0.2) is 0 Å². The highest BCUT2D eigenvalue weighted by Crippen LogP contribution is 2.45. The predicted octanol–water partition coefficient (Wildman–Crippen LogP) is 7.05. The van der Waals surface area contributed by atoms with E-state index in [4.69, 9.17) is 0 Å². The van der Waals surface area contributed by atoms with Gasteiger partial charge in [-0.05, 0) is 34.4 Å². The highest BCUT2D eigenvalue weighted by Gasteiger charge is 2.38. The second-order valence-corrected chi connectivity index (χ2v) is 9.13. The highest BCUT2D eigenvalue weighted by molar-refractivity contribution is 5.94. The van der Waals surface area contributed by atoms with E-state index in [9.17, 15) is 4.79 Å². The van der Waals surface area contributed by atoms with Gasteiger partial charge in [-0.3, -0.25) is 4.79 Å². The van der Waals surface area contributed by atoms with Gasteiger partial charge in [0, 0.05) is 11.1 Å². The standard InChI is InChI=1S/C30H29NO/c1-29(2,3)28(32)31-27-21-19-26(20-22-27)30(23-13-7-4-8-14-23,24-15-9-5-10-16-24)25-17-11-6-12-18-25/h4-22H,1-3H3,(H,31,32). The molecule has 4 aromatic carbocycles. The van der Waals surface area contributed by atoms with Crippen LogP contribution in [0.25, 0.3) is 0 Å². The Morgan fingerprint density at radius 3 is 1.22 bits per heavy atom. The Kier molecular flexibility index (Phi) is 5.96. The van der Waals surface area contributed by atoms with Crippen LogP contribution in [0.4, 0.5) is 5.69 Å². The molecular weight excluding hydrogens is 390 g/mol. The van der Waals surface area contributed by atoms with Crippen LogP contribution >= 0.6 is 0 Å². The SMILES string of the molecule is CC(C)(C)C(=O)Nc1ccc(C(c2ccccc2)(c2ccccc2)c2ccccc2)cc1. The minimum atomic E-state index is -0.476. The molecule has 160 valence electrons. The number of hydrogen-bond acceptors (Lipinski definition) is 1. The van der Waals surface area contributed by atoms with Gasteiger partial charge in [-0.15, -0.1) is 0 Å². The summed E-state index contributed by atoms with van der Waals surface area (Å²) in [4.78, 5) is 12.5. The molecule has 0 atom stereocenters. The molecule has 0 unspecified atom stereocenters. The van der Waals surface area contributed by atoms with E-state index in [0.717, 1.165) is 11.3 Å². The first kappa shape index (κ1) is 21.6. The van der Waals surface area contributed by atoms with Crippen LogP contribution in [-0.4, -0.2) is 5.91 Å². The van der Waals surface area contributed by atoms with Crippen LogP contribution in [0, 0.1) is 5.41 Å². The molecule has 0 saturated carbocycles. The number of carbonyl (C=O) groups is 1. The molecular formula is C30H29NO. The number of benzene rings is 4. The molecule has 0 aliphatic carbocycles. The average Bonchev–Trinajstić information content (AvgIpc) is 2.82. The Balaban J connectivity index is 1.92. The van der Waals surface area contributed by atoms with E-state index in [-0.39, 0.29) is 5.91 Å². The summed E-state index contributed by atoms with van der Waals surface area (Å²) < 4.78 is 0. The first-order chi connectivity index (χ1) is 15.4. The van der Waals surface area contributed by atoms with Crippen LogP contribution < -0.4 is 5.32 Å². The summed E-state index contributed by atoms with van der Waals surface area (Å²) in [6, 6.07) is 40.1. The van der Waals surface area contributed by atoms with Gasteiger partial charge in [0.25, 0.3) is 0 Å². The molecule has 0 aliphatic rings. The summed E-state index contributed by atoms with van der Waals surface area (Å²) in [5.74, 6) is 0.00527. The van der Waals surface area contributed by atoms with Crippen LogP contribution in [0.1, 0.15) is 43.0 Å². The zero-order valence-corrected chi connectivity index (χ0v) is 18.9. The van der Waals surface area contributed by atoms with E-state index in [1.165, 1.54) is 16.7 Å². The Bertz CT molecular complexity index is 1060. The Hall–Kier alpha value is -3.65. The molecule has 0 aliphatic heterocycles. The first-order valence-electron chi connectivity index (χ1n) is 11.0. The van der Waals surface area contributed by atoms with Gasteiger partial charge in [-0.1, -0.05) is 124 Å². The van der Waals surface area contributed by atoms with Crippen molar-refractivity contribution in [2.45, 2.75) is 26.2 Å². The third-order valence-corrected chi connectivity index (χ3v) is 5.88. The third-order valence-electron chi connectivity index (χ3n) is 5.88. The Morgan fingerprint density at radius 1 is 0.531 bits per heavy atom. The lowest BCUT2D eigenvalue weighted by molar-refractivity contribution is -0.123. The maximum absolute atomic E-state index is 12.5. The lowest BCUT2D eigenvalue weighted by Gasteiger charge is -2.37. The zero-order valence-electron chi connectivity index (χ0n) is 18.9. The second kappa shape index (κ2) is 8.84. The van der Waals surface area contributed by atoms with Crippen LogP contribution in [-0.2, 0) is 10.2 Å². The molecule has 4 aromatic rings. The van der Waals surface area contributed by atoms with E-state index in [0.29, 0.717) is 0 Å². The maximum Gasteiger partial charge on any atom is 0.229 e. The molecule has 0 heterocycles. The number of hydrogen-bond donors (Lipinski definition) is 1. The molecule has 4 rings (SSSR count). The van der Waals surface area contributed by atoms with E-state index in [1.807, 2.05) is 32.9 Å². The smallest absolute Gasteiger partial charge is 0.229 e. The quantitative estimate of drug-likeness (QED) is 0.345. The van der Waals surface area contributed by atoms with Crippen LogP contribution in [0.5, 0.6) is 0 Å². The molecule has 2 nitrogen and oxygen atoms in total. The van der Waals surface area contributed by atoms with Crippen molar-refractivity contribution in [1.82, 2.24) is 0 Å². The van der Waals surface area contributed by atoms with Gasteiger partial charge in [-0.2, -0.15) is 0 Å². The van der Waals surface area contributed by atoms with Crippen molar-refractivity contribution in [3.63, 3.8) is 0 Å². The lowest BCUT2D eigenvalue weighted by Crippen LogP contribution is -2.31. The van der Waals surface area contributed by atoms with Gasteiger partial charge >= 0.3 is 0 Å². The summed E-state index contributed by atoms with van der Waals surface area (Å²) in [5.41, 5.74) is 4.62. The fourth-order valence-electron chi connectivity index (χ4n) is 4.19. The van der Waals surface area contributed by atoms with Crippen LogP contribution in [0.2, 0.25) is 0 Å². The number of nitrogens with one attached hydrogen (secondary N) is 1.